The first-order chi connectivity index (χ1) is 4.74. The molecule has 1 aromatic heterocycles. The first-order valence-corrected chi connectivity index (χ1v) is 4.49. The fraction of sp³-hybridized carbons (Fsp3) is 0.429. The molecular formula is C7H10ClNS. The highest BCUT2D eigenvalue weighted by atomic mass is 35.5. The van der Waals surface area contributed by atoms with Crippen LogP contribution in [0.4, 0.5) is 0 Å². The molecule has 56 valence electrons. The second-order valence-electron chi connectivity index (χ2n) is 2.20. The predicted molar refractivity (Wildman–Crippen MR) is 46.5 cm³/mol. The summed E-state index contributed by atoms with van der Waals surface area (Å²) >= 11 is 7.26. The van der Waals surface area contributed by atoms with Crippen molar-refractivity contribution < 1.29 is 0 Å². The fourth-order valence-electron chi connectivity index (χ4n) is 0.754. The molecule has 0 aliphatic rings. The third kappa shape index (κ3) is 1.72. The maximum Gasteiger partial charge on any atom is 0.0931 e. The molecule has 1 rings (SSSR count). The van der Waals surface area contributed by atoms with Gasteiger partial charge in [-0.25, -0.2) is 0 Å². The maximum absolute atomic E-state index is 5.76. The summed E-state index contributed by atoms with van der Waals surface area (Å²) in [5.41, 5.74) is 6.91. The smallest absolute Gasteiger partial charge is 0.0931 e. The summed E-state index contributed by atoms with van der Waals surface area (Å²) in [6, 6.07) is 2.09. The molecule has 1 atom stereocenters. The summed E-state index contributed by atoms with van der Waals surface area (Å²) in [5, 5.41) is 2.01. The minimum absolute atomic E-state index is 0.156. The highest BCUT2D eigenvalue weighted by molar-refractivity contribution is 7.14. The van der Waals surface area contributed by atoms with Crippen molar-refractivity contribution in [1.29, 1.82) is 0 Å². The fourth-order valence-corrected chi connectivity index (χ4v) is 1.71. The van der Waals surface area contributed by atoms with Gasteiger partial charge < -0.3 is 5.73 Å². The molecule has 10 heavy (non-hydrogen) atoms. The van der Waals surface area contributed by atoms with Crippen molar-refractivity contribution in [2.24, 2.45) is 5.73 Å². The average molecular weight is 176 g/mol. The normalized spacial score (nSPS) is 13.5. The summed E-state index contributed by atoms with van der Waals surface area (Å²) in [6.07, 6.45) is 0.965. The van der Waals surface area contributed by atoms with Crippen LogP contribution in [0.3, 0.4) is 0 Å². The second-order valence-corrected chi connectivity index (χ2v) is 3.74. The van der Waals surface area contributed by atoms with Crippen molar-refractivity contribution in [2.45, 2.75) is 19.4 Å². The Labute approximate surface area is 69.8 Å². The van der Waals surface area contributed by atoms with Crippen molar-refractivity contribution in [3.8, 4) is 0 Å². The van der Waals surface area contributed by atoms with E-state index in [1.54, 1.807) is 0 Å². The summed E-state index contributed by atoms with van der Waals surface area (Å²) in [5.74, 6) is 0. The first kappa shape index (κ1) is 8.05. The molecule has 1 nitrogen and oxygen atoms in total. The number of thiophene rings is 1. The predicted octanol–water partition coefficient (Wildman–Crippen LogP) is 2.81. The molecule has 0 saturated heterocycles. The van der Waals surface area contributed by atoms with Crippen LogP contribution >= 0.6 is 22.9 Å². The molecule has 0 aliphatic carbocycles. The van der Waals surface area contributed by atoms with Gasteiger partial charge in [0.2, 0.25) is 0 Å². The Hall–Kier alpha value is -0.0500. The molecule has 0 amide bonds. The van der Waals surface area contributed by atoms with Gasteiger partial charge in [0.15, 0.2) is 0 Å². The van der Waals surface area contributed by atoms with E-state index < -0.39 is 0 Å². The Balaban J connectivity index is 2.74. The molecule has 0 spiro atoms. The monoisotopic (exact) mass is 175 g/mol. The zero-order chi connectivity index (χ0) is 7.56. The number of nitrogens with two attached hydrogens (primary N) is 1. The minimum Gasteiger partial charge on any atom is -0.324 e. The van der Waals surface area contributed by atoms with Crippen molar-refractivity contribution in [3.63, 3.8) is 0 Å². The average Bonchev–Trinajstić information content (AvgIpc) is 2.34. The minimum atomic E-state index is 0.156. The molecule has 0 unspecified atom stereocenters. The molecule has 0 aromatic carbocycles. The molecule has 0 radical (unpaired) electrons. The lowest BCUT2D eigenvalue weighted by Gasteiger charge is -2.03. The molecular weight excluding hydrogens is 166 g/mol. The van der Waals surface area contributed by atoms with Gasteiger partial charge in [-0.2, -0.15) is 0 Å². The SMILES string of the molecule is CC[C@H](N)c1csc(Cl)c1. The number of hydrogen-bond donors (Lipinski definition) is 1. The molecule has 3 heteroatoms. The van der Waals surface area contributed by atoms with Crippen LogP contribution in [0.2, 0.25) is 4.34 Å². The van der Waals surface area contributed by atoms with E-state index >= 15 is 0 Å². The Kier molecular flexibility index (Phi) is 2.72. The standard InChI is InChI=1S/C7H10ClNS/c1-2-6(9)5-3-7(8)10-4-5/h3-4,6H,2,9H2,1H3/t6-/m0/s1. The zero-order valence-corrected chi connectivity index (χ0v) is 7.38. The second kappa shape index (κ2) is 3.37. The lowest BCUT2D eigenvalue weighted by molar-refractivity contribution is 0.701. The summed E-state index contributed by atoms with van der Waals surface area (Å²) < 4.78 is 0.818. The van der Waals surface area contributed by atoms with E-state index in [9.17, 15) is 0 Å². The molecule has 0 aliphatic heterocycles. The van der Waals surface area contributed by atoms with E-state index in [0.29, 0.717) is 0 Å². The lowest BCUT2D eigenvalue weighted by atomic mass is 10.1. The van der Waals surface area contributed by atoms with Crippen LogP contribution in [0.1, 0.15) is 24.9 Å². The quantitative estimate of drug-likeness (QED) is 0.735. The van der Waals surface area contributed by atoms with Crippen LogP contribution in [0, 0.1) is 0 Å². The lowest BCUT2D eigenvalue weighted by Crippen LogP contribution is -2.06. The van der Waals surface area contributed by atoms with E-state index in [0.717, 1.165) is 16.3 Å². The molecule has 1 aromatic rings. The first-order valence-electron chi connectivity index (χ1n) is 3.23. The van der Waals surface area contributed by atoms with Crippen molar-refractivity contribution in [2.75, 3.05) is 0 Å². The van der Waals surface area contributed by atoms with E-state index in [2.05, 4.69) is 6.92 Å². The third-order valence-electron chi connectivity index (χ3n) is 1.46. The van der Waals surface area contributed by atoms with Crippen molar-refractivity contribution in [3.05, 3.63) is 21.3 Å². The Morgan fingerprint density at radius 2 is 2.50 bits per heavy atom. The Bertz CT molecular complexity index is 209. The maximum atomic E-state index is 5.76. The van der Waals surface area contributed by atoms with E-state index in [1.165, 1.54) is 11.3 Å². The zero-order valence-electron chi connectivity index (χ0n) is 5.80. The van der Waals surface area contributed by atoms with Gasteiger partial charge >= 0.3 is 0 Å². The van der Waals surface area contributed by atoms with E-state index in [1.807, 2.05) is 11.4 Å². The number of halogens is 1. The van der Waals surface area contributed by atoms with Gasteiger partial charge in [0.05, 0.1) is 4.34 Å². The van der Waals surface area contributed by atoms with Gasteiger partial charge in [-0.05, 0) is 23.4 Å². The highest BCUT2D eigenvalue weighted by Gasteiger charge is 2.04. The molecule has 0 fully saturated rings. The van der Waals surface area contributed by atoms with Gasteiger partial charge in [0, 0.05) is 6.04 Å². The Morgan fingerprint density at radius 3 is 2.90 bits per heavy atom. The summed E-state index contributed by atoms with van der Waals surface area (Å²) in [6.45, 7) is 2.07. The largest absolute Gasteiger partial charge is 0.324 e. The topological polar surface area (TPSA) is 26.0 Å². The Morgan fingerprint density at radius 1 is 1.80 bits per heavy atom. The summed E-state index contributed by atoms with van der Waals surface area (Å²) in [4.78, 5) is 0. The number of rotatable bonds is 2. The molecule has 0 bridgehead atoms. The van der Waals surface area contributed by atoms with Crippen LogP contribution < -0.4 is 5.73 Å². The van der Waals surface area contributed by atoms with Crippen LogP contribution in [0.25, 0.3) is 0 Å². The van der Waals surface area contributed by atoms with E-state index in [-0.39, 0.29) is 6.04 Å². The van der Waals surface area contributed by atoms with E-state index in [4.69, 9.17) is 17.3 Å². The van der Waals surface area contributed by atoms with Crippen LogP contribution in [-0.2, 0) is 0 Å². The summed E-state index contributed by atoms with van der Waals surface area (Å²) in [7, 11) is 0. The van der Waals surface area contributed by atoms with Crippen molar-refractivity contribution in [1.82, 2.24) is 0 Å². The molecule has 2 N–H and O–H groups in total. The van der Waals surface area contributed by atoms with Gasteiger partial charge in [-0.3, -0.25) is 0 Å². The van der Waals surface area contributed by atoms with Gasteiger partial charge in [0.25, 0.3) is 0 Å². The van der Waals surface area contributed by atoms with Gasteiger partial charge in [-0.1, -0.05) is 18.5 Å². The third-order valence-corrected chi connectivity index (χ3v) is 2.57. The number of hydrogen-bond acceptors (Lipinski definition) is 2. The van der Waals surface area contributed by atoms with Gasteiger partial charge in [0.1, 0.15) is 0 Å². The van der Waals surface area contributed by atoms with Crippen LogP contribution in [-0.4, -0.2) is 0 Å². The highest BCUT2D eigenvalue weighted by Crippen LogP contribution is 2.24. The van der Waals surface area contributed by atoms with Crippen molar-refractivity contribution >= 4 is 22.9 Å². The van der Waals surface area contributed by atoms with Crippen LogP contribution in [0.15, 0.2) is 11.4 Å². The molecule has 1 heterocycles. The molecule has 0 saturated carbocycles. The van der Waals surface area contributed by atoms with Crippen LogP contribution in [0.5, 0.6) is 0 Å². The van der Waals surface area contributed by atoms with Gasteiger partial charge in [-0.15, -0.1) is 11.3 Å².